The average molecular weight is 478 g/mol. The number of carbonyl (C=O) groups excluding carboxylic acids is 1. The standard InChI is InChI=1S/C21H23Cl3O4S/c22-13-8-12(9-14(23)10-13)20-16(17(24)11-18(20)26)3-1-2-15-4-5-19(29-15)21(27)28-7-6-25/h4-5,8-10,16-18,20,25-26H,1-3,6-7,11H2. The second-order valence-electron chi connectivity index (χ2n) is 7.23. The topological polar surface area (TPSA) is 66.8 Å². The summed E-state index contributed by atoms with van der Waals surface area (Å²) in [6, 6.07) is 9.07. The molecule has 8 heteroatoms. The number of alkyl halides is 1. The molecule has 1 saturated carbocycles. The van der Waals surface area contributed by atoms with E-state index in [-0.39, 0.29) is 30.4 Å². The lowest BCUT2D eigenvalue weighted by Gasteiger charge is -2.24. The minimum absolute atomic E-state index is 0.00207. The molecule has 0 aliphatic heterocycles. The van der Waals surface area contributed by atoms with Gasteiger partial charge in [0.15, 0.2) is 0 Å². The van der Waals surface area contributed by atoms with Crippen LogP contribution in [0.3, 0.4) is 0 Å². The van der Waals surface area contributed by atoms with Crippen LogP contribution in [-0.4, -0.2) is 40.9 Å². The van der Waals surface area contributed by atoms with Gasteiger partial charge in [0.05, 0.1) is 12.7 Å². The van der Waals surface area contributed by atoms with Crippen LogP contribution in [0.1, 0.15) is 45.3 Å². The molecule has 1 aromatic carbocycles. The highest BCUT2D eigenvalue weighted by atomic mass is 35.5. The zero-order valence-electron chi connectivity index (χ0n) is 15.7. The second kappa shape index (κ2) is 10.5. The SMILES string of the molecule is O=C(OCCO)c1ccc(CCCC2C(Cl)CC(O)C2c2cc(Cl)cc(Cl)c2)s1. The number of hydrogen-bond acceptors (Lipinski definition) is 5. The van der Waals surface area contributed by atoms with Gasteiger partial charge in [-0.25, -0.2) is 4.79 Å². The second-order valence-corrected chi connectivity index (χ2v) is 9.83. The van der Waals surface area contributed by atoms with Crippen LogP contribution in [0.5, 0.6) is 0 Å². The summed E-state index contributed by atoms with van der Waals surface area (Å²) in [5.74, 6) is -0.385. The van der Waals surface area contributed by atoms with E-state index >= 15 is 0 Å². The van der Waals surface area contributed by atoms with Gasteiger partial charge in [0, 0.05) is 26.2 Å². The fourth-order valence-electron chi connectivity index (χ4n) is 4.00. The lowest BCUT2D eigenvalue weighted by atomic mass is 9.84. The molecular weight excluding hydrogens is 455 g/mol. The van der Waals surface area contributed by atoms with E-state index in [1.807, 2.05) is 18.2 Å². The molecule has 1 aliphatic carbocycles. The Kier molecular flexibility index (Phi) is 8.25. The summed E-state index contributed by atoms with van der Waals surface area (Å²) >= 11 is 20.3. The van der Waals surface area contributed by atoms with Crippen molar-refractivity contribution in [1.82, 2.24) is 0 Å². The van der Waals surface area contributed by atoms with E-state index in [1.165, 1.54) is 11.3 Å². The zero-order chi connectivity index (χ0) is 21.0. The number of thiophene rings is 1. The highest BCUT2D eigenvalue weighted by Crippen LogP contribution is 2.46. The lowest BCUT2D eigenvalue weighted by Crippen LogP contribution is -2.19. The number of aliphatic hydroxyl groups excluding tert-OH is 2. The molecule has 0 bridgehead atoms. The molecule has 0 saturated heterocycles. The Morgan fingerprint density at radius 1 is 1.21 bits per heavy atom. The van der Waals surface area contributed by atoms with Gasteiger partial charge in [0.25, 0.3) is 0 Å². The maximum atomic E-state index is 11.8. The molecule has 0 spiro atoms. The summed E-state index contributed by atoms with van der Waals surface area (Å²) in [6.45, 7) is -0.183. The van der Waals surface area contributed by atoms with Crippen LogP contribution in [0.15, 0.2) is 30.3 Å². The molecular formula is C21H23Cl3O4S. The van der Waals surface area contributed by atoms with Crippen LogP contribution >= 0.6 is 46.1 Å². The van der Waals surface area contributed by atoms with Crippen molar-refractivity contribution >= 4 is 52.1 Å². The number of ether oxygens (including phenoxy) is 1. The minimum atomic E-state index is -0.522. The molecule has 158 valence electrons. The summed E-state index contributed by atoms with van der Waals surface area (Å²) in [4.78, 5) is 13.5. The zero-order valence-corrected chi connectivity index (χ0v) is 18.8. The fraction of sp³-hybridized carbons (Fsp3) is 0.476. The quantitative estimate of drug-likeness (QED) is 0.400. The molecule has 2 aromatic rings. The molecule has 3 rings (SSSR count). The lowest BCUT2D eigenvalue weighted by molar-refractivity contribution is 0.0439. The Balaban J connectivity index is 1.61. The number of halogens is 3. The van der Waals surface area contributed by atoms with Crippen molar-refractivity contribution < 1.29 is 19.7 Å². The number of aryl methyl sites for hydroxylation is 1. The largest absolute Gasteiger partial charge is 0.459 e. The van der Waals surface area contributed by atoms with E-state index in [4.69, 9.17) is 44.6 Å². The van der Waals surface area contributed by atoms with Crippen molar-refractivity contribution in [2.45, 2.75) is 43.1 Å². The molecule has 1 fully saturated rings. The molecule has 1 aromatic heterocycles. The van der Waals surface area contributed by atoms with E-state index in [0.717, 1.165) is 29.7 Å². The summed E-state index contributed by atoms with van der Waals surface area (Å²) < 4.78 is 4.94. The first-order valence-electron chi connectivity index (χ1n) is 9.54. The highest BCUT2D eigenvalue weighted by molar-refractivity contribution is 7.13. The normalized spacial score (nSPS) is 24.0. The van der Waals surface area contributed by atoms with Crippen LogP contribution in [0.4, 0.5) is 0 Å². The molecule has 4 unspecified atom stereocenters. The number of esters is 1. The molecule has 4 nitrogen and oxygen atoms in total. The van der Waals surface area contributed by atoms with E-state index < -0.39 is 12.1 Å². The fourth-order valence-corrected chi connectivity index (χ4v) is 5.95. The first kappa shape index (κ1) is 22.9. The molecule has 1 aliphatic rings. The van der Waals surface area contributed by atoms with Gasteiger partial charge in [0.2, 0.25) is 0 Å². The molecule has 1 heterocycles. The Bertz CT molecular complexity index is 821. The Labute approximate surface area is 189 Å². The summed E-state index contributed by atoms with van der Waals surface area (Å²) in [6.07, 6.45) is 2.57. The van der Waals surface area contributed by atoms with Crippen LogP contribution in [0.25, 0.3) is 0 Å². The van der Waals surface area contributed by atoms with Crippen molar-refractivity contribution in [3.05, 3.63) is 55.7 Å². The summed E-state index contributed by atoms with van der Waals surface area (Å²) in [5.41, 5.74) is 0.924. The van der Waals surface area contributed by atoms with Crippen molar-refractivity contribution in [2.24, 2.45) is 5.92 Å². The van der Waals surface area contributed by atoms with Gasteiger partial charge in [-0.05, 0) is 67.5 Å². The first-order chi connectivity index (χ1) is 13.9. The number of hydrogen-bond donors (Lipinski definition) is 2. The van der Waals surface area contributed by atoms with Crippen LogP contribution in [0, 0.1) is 5.92 Å². The van der Waals surface area contributed by atoms with Gasteiger partial charge in [-0.1, -0.05) is 23.2 Å². The third kappa shape index (κ3) is 5.87. The first-order valence-corrected chi connectivity index (χ1v) is 11.5. The maximum Gasteiger partial charge on any atom is 0.348 e. The Morgan fingerprint density at radius 3 is 2.62 bits per heavy atom. The van der Waals surface area contributed by atoms with Gasteiger partial charge >= 0.3 is 5.97 Å². The van der Waals surface area contributed by atoms with Gasteiger partial charge < -0.3 is 14.9 Å². The van der Waals surface area contributed by atoms with Crippen LogP contribution in [0.2, 0.25) is 10.0 Å². The van der Waals surface area contributed by atoms with E-state index in [9.17, 15) is 9.90 Å². The molecule has 2 N–H and O–H groups in total. The maximum absolute atomic E-state index is 11.8. The van der Waals surface area contributed by atoms with Crippen LogP contribution < -0.4 is 0 Å². The van der Waals surface area contributed by atoms with Gasteiger partial charge in [-0.2, -0.15) is 0 Å². The number of carbonyl (C=O) groups is 1. The Hall–Kier alpha value is -0.820. The number of rotatable bonds is 8. The molecule has 0 amide bonds. The predicted molar refractivity (Wildman–Crippen MR) is 118 cm³/mol. The van der Waals surface area contributed by atoms with Crippen LogP contribution in [-0.2, 0) is 11.2 Å². The van der Waals surface area contributed by atoms with Crippen molar-refractivity contribution in [2.75, 3.05) is 13.2 Å². The third-order valence-corrected chi connectivity index (χ3v) is 7.29. The van der Waals surface area contributed by atoms with Crippen molar-refractivity contribution in [3.8, 4) is 0 Å². The summed E-state index contributed by atoms with van der Waals surface area (Å²) in [7, 11) is 0. The predicted octanol–water partition coefficient (Wildman–Crippen LogP) is 5.30. The molecule has 29 heavy (non-hydrogen) atoms. The third-order valence-electron chi connectivity index (χ3n) is 5.22. The average Bonchev–Trinajstić information content (AvgIpc) is 3.23. The Morgan fingerprint density at radius 2 is 1.93 bits per heavy atom. The highest BCUT2D eigenvalue weighted by Gasteiger charge is 2.42. The van der Waals surface area contributed by atoms with Crippen molar-refractivity contribution in [1.29, 1.82) is 0 Å². The molecule has 0 radical (unpaired) electrons. The van der Waals surface area contributed by atoms with Crippen molar-refractivity contribution in [3.63, 3.8) is 0 Å². The summed E-state index contributed by atoms with van der Waals surface area (Å²) in [5, 5.41) is 20.3. The minimum Gasteiger partial charge on any atom is -0.459 e. The van der Waals surface area contributed by atoms with Gasteiger partial charge in [-0.3, -0.25) is 0 Å². The van der Waals surface area contributed by atoms with E-state index in [2.05, 4.69) is 0 Å². The number of benzene rings is 1. The smallest absolute Gasteiger partial charge is 0.348 e. The van der Waals surface area contributed by atoms with E-state index in [1.54, 1.807) is 12.1 Å². The van der Waals surface area contributed by atoms with E-state index in [0.29, 0.717) is 21.3 Å². The monoisotopic (exact) mass is 476 g/mol. The van der Waals surface area contributed by atoms with Gasteiger partial charge in [-0.15, -0.1) is 22.9 Å². The number of aliphatic hydroxyl groups is 2. The molecule has 4 atom stereocenters. The van der Waals surface area contributed by atoms with Gasteiger partial charge in [0.1, 0.15) is 11.5 Å².